The molecule has 0 aliphatic rings. The summed E-state index contributed by atoms with van der Waals surface area (Å²) in [6, 6.07) is 8.18. The lowest BCUT2D eigenvalue weighted by molar-refractivity contribution is 1.36. The second kappa shape index (κ2) is 4.16. The van der Waals surface area contributed by atoms with Crippen LogP contribution in [0.5, 0.6) is 0 Å². The Bertz CT molecular complexity index is 294. The maximum atomic E-state index is 5.57. The summed E-state index contributed by atoms with van der Waals surface area (Å²) >= 11 is 1.49. The SMILES string of the molecule is CN=C(N)Sc1cccc(C)c1. The summed E-state index contributed by atoms with van der Waals surface area (Å²) in [5.41, 5.74) is 6.81. The van der Waals surface area contributed by atoms with Gasteiger partial charge in [-0.15, -0.1) is 0 Å². The molecule has 0 aliphatic heterocycles. The van der Waals surface area contributed by atoms with Gasteiger partial charge in [-0.25, -0.2) is 0 Å². The smallest absolute Gasteiger partial charge is 0.158 e. The summed E-state index contributed by atoms with van der Waals surface area (Å²) in [5, 5.41) is 0.598. The van der Waals surface area contributed by atoms with Gasteiger partial charge in [0.2, 0.25) is 0 Å². The van der Waals surface area contributed by atoms with E-state index in [-0.39, 0.29) is 0 Å². The van der Waals surface area contributed by atoms with E-state index in [1.807, 2.05) is 12.1 Å². The van der Waals surface area contributed by atoms with Gasteiger partial charge < -0.3 is 5.73 Å². The molecule has 0 aliphatic carbocycles. The van der Waals surface area contributed by atoms with Crippen LogP contribution >= 0.6 is 11.8 Å². The first-order chi connectivity index (χ1) is 5.72. The molecule has 1 aromatic carbocycles. The van der Waals surface area contributed by atoms with Crippen molar-refractivity contribution in [2.45, 2.75) is 11.8 Å². The molecule has 0 saturated carbocycles. The minimum atomic E-state index is 0.598. The minimum Gasteiger partial charge on any atom is -0.378 e. The number of thioether (sulfide) groups is 1. The van der Waals surface area contributed by atoms with Gasteiger partial charge >= 0.3 is 0 Å². The number of aryl methyl sites for hydroxylation is 1. The molecule has 0 bridgehead atoms. The Morgan fingerprint density at radius 2 is 2.25 bits per heavy atom. The number of nitrogens with two attached hydrogens (primary N) is 1. The molecule has 0 heterocycles. The van der Waals surface area contributed by atoms with E-state index in [2.05, 4.69) is 24.0 Å². The number of hydrogen-bond donors (Lipinski definition) is 1. The fraction of sp³-hybridized carbons (Fsp3) is 0.222. The van der Waals surface area contributed by atoms with E-state index < -0.39 is 0 Å². The molecule has 3 heteroatoms. The average Bonchev–Trinajstić information content (AvgIpc) is 2.04. The van der Waals surface area contributed by atoms with Crippen molar-refractivity contribution in [1.29, 1.82) is 0 Å². The number of nitrogens with zero attached hydrogens (tertiary/aromatic N) is 1. The van der Waals surface area contributed by atoms with Gasteiger partial charge in [-0.2, -0.15) is 0 Å². The lowest BCUT2D eigenvalue weighted by Crippen LogP contribution is -2.05. The Kier molecular flexibility index (Phi) is 3.17. The highest BCUT2D eigenvalue weighted by Gasteiger charge is 1.95. The Balaban J connectivity index is 2.76. The van der Waals surface area contributed by atoms with Gasteiger partial charge in [0, 0.05) is 11.9 Å². The summed E-state index contributed by atoms with van der Waals surface area (Å²) in [7, 11) is 1.69. The standard InChI is InChI=1S/C9H12N2S/c1-7-4-3-5-8(6-7)12-9(10)11-2/h3-6H,1-2H3,(H2,10,11). The van der Waals surface area contributed by atoms with Gasteiger partial charge in [0.25, 0.3) is 0 Å². The summed E-state index contributed by atoms with van der Waals surface area (Å²) in [6.45, 7) is 2.06. The molecule has 2 nitrogen and oxygen atoms in total. The van der Waals surface area contributed by atoms with E-state index in [1.54, 1.807) is 7.05 Å². The van der Waals surface area contributed by atoms with E-state index >= 15 is 0 Å². The molecule has 0 spiro atoms. The fourth-order valence-corrected chi connectivity index (χ4v) is 1.57. The molecule has 64 valence electrons. The van der Waals surface area contributed by atoms with Gasteiger partial charge in [0.05, 0.1) is 0 Å². The molecule has 0 amide bonds. The quantitative estimate of drug-likeness (QED) is 0.408. The van der Waals surface area contributed by atoms with Gasteiger partial charge in [-0.05, 0) is 19.1 Å². The molecular weight excluding hydrogens is 168 g/mol. The van der Waals surface area contributed by atoms with Gasteiger partial charge in [0.1, 0.15) is 0 Å². The van der Waals surface area contributed by atoms with E-state index in [0.717, 1.165) is 4.90 Å². The zero-order valence-electron chi connectivity index (χ0n) is 7.24. The lowest BCUT2D eigenvalue weighted by atomic mass is 10.2. The second-order valence-electron chi connectivity index (χ2n) is 2.48. The van der Waals surface area contributed by atoms with Gasteiger partial charge in [-0.1, -0.05) is 29.5 Å². The zero-order chi connectivity index (χ0) is 8.97. The largest absolute Gasteiger partial charge is 0.378 e. The Hall–Kier alpha value is -0.960. The Labute approximate surface area is 76.9 Å². The monoisotopic (exact) mass is 180 g/mol. The number of rotatable bonds is 1. The third-order valence-corrected chi connectivity index (χ3v) is 2.31. The topological polar surface area (TPSA) is 38.4 Å². The number of amidine groups is 1. The molecule has 12 heavy (non-hydrogen) atoms. The zero-order valence-corrected chi connectivity index (χ0v) is 8.06. The second-order valence-corrected chi connectivity index (χ2v) is 3.57. The van der Waals surface area contributed by atoms with Crippen LogP contribution in [0.1, 0.15) is 5.56 Å². The highest BCUT2D eigenvalue weighted by Crippen LogP contribution is 2.18. The normalized spacial score (nSPS) is 11.7. The first-order valence-electron chi connectivity index (χ1n) is 3.69. The highest BCUT2D eigenvalue weighted by atomic mass is 32.2. The molecule has 0 radical (unpaired) electrons. The van der Waals surface area contributed by atoms with Crippen molar-refractivity contribution in [2.75, 3.05) is 7.05 Å². The van der Waals surface area contributed by atoms with E-state index in [1.165, 1.54) is 17.3 Å². The van der Waals surface area contributed by atoms with Crippen molar-refractivity contribution in [2.24, 2.45) is 10.7 Å². The number of aliphatic imine (C=N–C) groups is 1. The average molecular weight is 180 g/mol. The molecule has 0 saturated heterocycles. The predicted octanol–water partition coefficient (Wildman–Crippen LogP) is 2.03. The van der Waals surface area contributed by atoms with Crippen molar-refractivity contribution in [3.05, 3.63) is 29.8 Å². The van der Waals surface area contributed by atoms with Crippen LogP contribution in [0.25, 0.3) is 0 Å². The third-order valence-electron chi connectivity index (χ3n) is 1.43. The molecule has 0 fully saturated rings. The number of benzene rings is 1. The van der Waals surface area contributed by atoms with Crippen LogP contribution < -0.4 is 5.73 Å². The minimum absolute atomic E-state index is 0.598. The van der Waals surface area contributed by atoms with Crippen molar-refractivity contribution < 1.29 is 0 Å². The van der Waals surface area contributed by atoms with Crippen LogP contribution in [-0.4, -0.2) is 12.2 Å². The van der Waals surface area contributed by atoms with Crippen molar-refractivity contribution in [3.8, 4) is 0 Å². The summed E-state index contributed by atoms with van der Waals surface area (Å²) in [5.74, 6) is 0. The van der Waals surface area contributed by atoms with E-state index in [0.29, 0.717) is 5.17 Å². The van der Waals surface area contributed by atoms with Gasteiger partial charge in [0.15, 0.2) is 5.17 Å². The summed E-state index contributed by atoms with van der Waals surface area (Å²) in [6.07, 6.45) is 0. The van der Waals surface area contributed by atoms with Gasteiger partial charge in [-0.3, -0.25) is 4.99 Å². The predicted molar refractivity (Wildman–Crippen MR) is 54.6 cm³/mol. The van der Waals surface area contributed by atoms with Crippen molar-refractivity contribution in [1.82, 2.24) is 0 Å². The molecule has 0 atom stereocenters. The molecular formula is C9H12N2S. The molecule has 1 aromatic rings. The fourth-order valence-electron chi connectivity index (χ4n) is 0.845. The summed E-state index contributed by atoms with van der Waals surface area (Å²) < 4.78 is 0. The lowest BCUT2D eigenvalue weighted by Gasteiger charge is -1.99. The third kappa shape index (κ3) is 2.58. The first kappa shape index (κ1) is 9.13. The van der Waals surface area contributed by atoms with Crippen LogP contribution in [0.4, 0.5) is 0 Å². The van der Waals surface area contributed by atoms with Crippen LogP contribution in [0.15, 0.2) is 34.2 Å². The Morgan fingerprint density at radius 1 is 1.50 bits per heavy atom. The van der Waals surface area contributed by atoms with Crippen LogP contribution in [-0.2, 0) is 0 Å². The maximum Gasteiger partial charge on any atom is 0.158 e. The number of hydrogen-bond acceptors (Lipinski definition) is 2. The molecule has 2 N–H and O–H groups in total. The van der Waals surface area contributed by atoms with Crippen molar-refractivity contribution in [3.63, 3.8) is 0 Å². The van der Waals surface area contributed by atoms with Crippen molar-refractivity contribution >= 4 is 16.9 Å². The molecule has 0 aromatic heterocycles. The van der Waals surface area contributed by atoms with E-state index in [4.69, 9.17) is 5.73 Å². The van der Waals surface area contributed by atoms with Crippen LogP contribution in [0.3, 0.4) is 0 Å². The molecule has 1 rings (SSSR count). The summed E-state index contributed by atoms with van der Waals surface area (Å²) in [4.78, 5) is 5.01. The van der Waals surface area contributed by atoms with Crippen LogP contribution in [0.2, 0.25) is 0 Å². The Morgan fingerprint density at radius 3 is 2.83 bits per heavy atom. The van der Waals surface area contributed by atoms with E-state index in [9.17, 15) is 0 Å². The first-order valence-corrected chi connectivity index (χ1v) is 4.51. The molecule has 0 unspecified atom stereocenters. The highest BCUT2D eigenvalue weighted by molar-refractivity contribution is 8.13. The van der Waals surface area contributed by atoms with Crippen LogP contribution in [0, 0.1) is 6.92 Å². The maximum absolute atomic E-state index is 5.57.